The molecule has 94 valence electrons. The Labute approximate surface area is 99.9 Å². The SMILES string of the molecule is Cc1cc(C(O)CC(C)CC(=O)O)ccc1F. The van der Waals surface area contributed by atoms with E-state index in [1.165, 1.54) is 12.1 Å². The Balaban J connectivity index is 2.66. The fraction of sp³-hybridized carbons (Fsp3) is 0.462. The normalized spacial score (nSPS) is 14.4. The average molecular weight is 240 g/mol. The minimum Gasteiger partial charge on any atom is -0.481 e. The maximum absolute atomic E-state index is 13.0. The number of hydrogen-bond donors (Lipinski definition) is 2. The summed E-state index contributed by atoms with van der Waals surface area (Å²) >= 11 is 0. The van der Waals surface area contributed by atoms with Crippen LogP contribution in [0.1, 0.15) is 37.0 Å². The maximum Gasteiger partial charge on any atom is 0.303 e. The highest BCUT2D eigenvalue weighted by Gasteiger charge is 2.15. The van der Waals surface area contributed by atoms with E-state index in [2.05, 4.69) is 0 Å². The molecule has 3 nitrogen and oxygen atoms in total. The third kappa shape index (κ3) is 4.15. The first-order valence-corrected chi connectivity index (χ1v) is 5.56. The van der Waals surface area contributed by atoms with Gasteiger partial charge in [-0.15, -0.1) is 0 Å². The largest absolute Gasteiger partial charge is 0.481 e. The Morgan fingerprint density at radius 1 is 1.47 bits per heavy atom. The van der Waals surface area contributed by atoms with E-state index in [9.17, 15) is 14.3 Å². The predicted molar refractivity (Wildman–Crippen MR) is 62.1 cm³/mol. The maximum atomic E-state index is 13.0. The molecule has 2 N–H and O–H groups in total. The molecule has 1 rings (SSSR count). The van der Waals surface area contributed by atoms with Gasteiger partial charge in [0.05, 0.1) is 6.10 Å². The Morgan fingerprint density at radius 2 is 2.12 bits per heavy atom. The van der Waals surface area contributed by atoms with Crippen LogP contribution < -0.4 is 0 Å². The lowest BCUT2D eigenvalue weighted by Crippen LogP contribution is -2.09. The first-order valence-electron chi connectivity index (χ1n) is 5.56. The van der Waals surface area contributed by atoms with Gasteiger partial charge in [0, 0.05) is 6.42 Å². The highest BCUT2D eigenvalue weighted by atomic mass is 19.1. The fourth-order valence-electron chi connectivity index (χ4n) is 1.77. The molecule has 4 heteroatoms. The van der Waals surface area contributed by atoms with Crippen LogP contribution in [0.3, 0.4) is 0 Å². The first-order chi connectivity index (χ1) is 7.90. The van der Waals surface area contributed by atoms with Gasteiger partial charge in [-0.25, -0.2) is 4.39 Å². The summed E-state index contributed by atoms with van der Waals surface area (Å²) in [7, 11) is 0. The zero-order valence-electron chi connectivity index (χ0n) is 9.98. The van der Waals surface area contributed by atoms with Crippen molar-refractivity contribution in [1.82, 2.24) is 0 Å². The van der Waals surface area contributed by atoms with E-state index >= 15 is 0 Å². The molecule has 1 aromatic carbocycles. The number of rotatable bonds is 5. The third-order valence-electron chi connectivity index (χ3n) is 2.72. The van der Waals surface area contributed by atoms with Crippen molar-refractivity contribution in [2.24, 2.45) is 5.92 Å². The monoisotopic (exact) mass is 240 g/mol. The van der Waals surface area contributed by atoms with Crippen molar-refractivity contribution in [1.29, 1.82) is 0 Å². The second-order valence-corrected chi connectivity index (χ2v) is 4.46. The van der Waals surface area contributed by atoms with Crippen LogP contribution in [-0.4, -0.2) is 16.2 Å². The van der Waals surface area contributed by atoms with Crippen LogP contribution >= 0.6 is 0 Å². The summed E-state index contributed by atoms with van der Waals surface area (Å²) in [4.78, 5) is 10.5. The highest BCUT2D eigenvalue weighted by Crippen LogP contribution is 2.24. The smallest absolute Gasteiger partial charge is 0.303 e. The summed E-state index contributed by atoms with van der Waals surface area (Å²) < 4.78 is 13.0. The number of aliphatic carboxylic acids is 1. The van der Waals surface area contributed by atoms with Gasteiger partial charge in [0.1, 0.15) is 5.82 Å². The third-order valence-corrected chi connectivity index (χ3v) is 2.72. The number of aryl methyl sites for hydroxylation is 1. The summed E-state index contributed by atoms with van der Waals surface area (Å²) in [6, 6.07) is 4.43. The highest BCUT2D eigenvalue weighted by molar-refractivity contribution is 5.66. The van der Waals surface area contributed by atoms with Crippen molar-refractivity contribution < 1.29 is 19.4 Å². The van der Waals surface area contributed by atoms with Gasteiger partial charge in [-0.1, -0.05) is 19.1 Å². The number of hydrogen-bond acceptors (Lipinski definition) is 2. The van der Waals surface area contributed by atoms with E-state index in [4.69, 9.17) is 5.11 Å². The number of benzene rings is 1. The van der Waals surface area contributed by atoms with Gasteiger partial charge >= 0.3 is 5.97 Å². The van der Waals surface area contributed by atoms with Crippen LogP contribution in [0, 0.1) is 18.7 Å². The summed E-state index contributed by atoms with van der Waals surface area (Å²) in [5.41, 5.74) is 1.11. The topological polar surface area (TPSA) is 57.5 Å². The number of carbonyl (C=O) groups is 1. The zero-order valence-corrected chi connectivity index (χ0v) is 9.98. The second-order valence-electron chi connectivity index (χ2n) is 4.46. The van der Waals surface area contributed by atoms with Crippen molar-refractivity contribution in [3.8, 4) is 0 Å². The van der Waals surface area contributed by atoms with Gasteiger partial charge < -0.3 is 10.2 Å². The van der Waals surface area contributed by atoms with Crippen LogP contribution in [0.4, 0.5) is 4.39 Å². The van der Waals surface area contributed by atoms with Gasteiger partial charge in [0.25, 0.3) is 0 Å². The molecule has 17 heavy (non-hydrogen) atoms. The Kier molecular flexibility index (Phi) is 4.63. The molecule has 0 bridgehead atoms. The molecule has 0 spiro atoms. The molecule has 0 heterocycles. The Hall–Kier alpha value is -1.42. The molecule has 0 saturated heterocycles. The van der Waals surface area contributed by atoms with E-state index in [1.54, 1.807) is 19.9 Å². The molecule has 2 unspecified atom stereocenters. The van der Waals surface area contributed by atoms with Gasteiger partial charge in [-0.3, -0.25) is 4.79 Å². The van der Waals surface area contributed by atoms with Crippen molar-refractivity contribution in [3.63, 3.8) is 0 Å². The van der Waals surface area contributed by atoms with Gasteiger partial charge in [-0.2, -0.15) is 0 Å². The molecule has 0 aliphatic carbocycles. The molecule has 0 radical (unpaired) electrons. The lowest BCUT2D eigenvalue weighted by atomic mass is 9.95. The molecule has 0 aliphatic heterocycles. The van der Waals surface area contributed by atoms with Crippen molar-refractivity contribution >= 4 is 5.97 Å². The van der Waals surface area contributed by atoms with E-state index < -0.39 is 12.1 Å². The Morgan fingerprint density at radius 3 is 2.65 bits per heavy atom. The van der Waals surface area contributed by atoms with Crippen molar-refractivity contribution in [3.05, 3.63) is 35.1 Å². The molecular weight excluding hydrogens is 223 g/mol. The molecule has 1 aromatic rings. The standard InChI is InChI=1S/C13H17FO3/c1-8(6-13(16)17)5-12(15)10-3-4-11(14)9(2)7-10/h3-4,7-8,12,15H,5-6H2,1-2H3,(H,16,17). The van der Waals surface area contributed by atoms with E-state index in [0.717, 1.165) is 0 Å². The number of aliphatic hydroxyl groups is 1. The van der Waals surface area contributed by atoms with E-state index in [-0.39, 0.29) is 18.2 Å². The van der Waals surface area contributed by atoms with Crippen LogP contribution in [0.25, 0.3) is 0 Å². The number of carboxylic acids is 1. The number of halogens is 1. The van der Waals surface area contributed by atoms with Crippen LogP contribution in [-0.2, 0) is 4.79 Å². The summed E-state index contributed by atoms with van der Waals surface area (Å²) in [6.07, 6.45) is -0.363. The quantitative estimate of drug-likeness (QED) is 0.831. The summed E-state index contributed by atoms with van der Waals surface area (Å²) in [5, 5.41) is 18.5. The summed E-state index contributed by atoms with van der Waals surface area (Å²) in [6.45, 7) is 3.40. The molecule has 0 amide bonds. The van der Waals surface area contributed by atoms with Crippen molar-refractivity contribution in [2.45, 2.75) is 32.8 Å². The van der Waals surface area contributed by atoms with Crippen LogP contribution in [0.15, 0.2) is 18.2 Å². The van der Waals surface area contributed by atoms with Gasteiger partial charge in [-0.05, 0) is 36.5 Å². The molecule has 0 saturated carbocycles. The molecule has 0 aliphatic rings. The predicted octanol–water partition coefficient (Wildman–Crippen LogP) is 2.67. The Bertz CT molecular complexity index is 404. The van der Waals surface area contributed by atoms with Crippen molar-refractivity contribution in [2.75, 3.05) is 0 Å². The number of carboxylic acid groups (broad SMARTS) is 1. The van der Waals surface area contributed by atoms with E-state index in [1.807, 2.05) is 0 Å². The van der Waals surface area contributed by atoms with Gasteiger partial charge in [0.2, 0.25) is 0 Å². The van der Waals surface area contributed by atoms with E-state index in [0.29, 0.717) is 17.5 Å². The molecular formula is C13H17FO3. The van der Waals surface area contributed by atoms with Crippen LogP contribution in [0.2, 0.25) is 0 Å². The lowest BCUT2D eigenvalue weighted by Gasteiger charge is -2.15. The first kappa shape index (κ1) is 13.6. The molecule has 0 aromatic heterocycles. The van der Waals surface area contributed by atoms with Crippen LogP contribution in [0.5, 0.6) is 0 Å². The molecule has 0 fully saturated rings. The summed E-state index contributed by atoms with van der Waals surface area (Å²) in [5.74, 6) is -1.30. The minimum absolute atomic E-state index is 0.0250. The second kappa shape index (κ2) is 5.77. The zero-order chi connectivity index (χ0) is 13.0. The number of aliphatic hydroxyl groups excluding tert-OH is 1. The lowest BCUT2D eigenvalue weighted by molar-refractivity contribution is -0.138. The average Bonchev–Trinajstić information content (AvgIpc) is 2.20. The molecule has 2 atom stereocenters. The fourth-order valence-corrected chi connectivity index (χ4v) is 1.77. The minimum atomic E-state index is -0.875. The van der Waals surface area contributed by atoms with Gasteiger partial charge in [0.15, 0.2) is 0 Å².